The molecule has 1 aromatic carbocycles. The first-order valence-electron chi connectivity index (χ1n) is 4.83. The van der Waals surface area contributed by atoms with Crippen LogP contribution in [-0.4, -0.2) is 12.5 Å². The van der Waals surface area contributed by atoms with Crippen LogP contribution in [0.3, 0.4) is 0 Å². The lowest BCUT2D eigenvalue weighted by atomic mass is 10.1. The average molecular weight is 271 g/mol. The summed E-state index contributed by atoms with van der Waals surface area (Å²) >= 11 is 3.48. The Kier molecular flexibility index (Phi) is 4.78. The Labute approximate surface area is 98.2 Å². The highest BCUT2D eigenvalue weighted by Crippen LogP contribution is 2.17. The lowest BCUT2D eigenvalue weighted by Crippen LogP contribution is -2.21. The van der Waals surface area contributed by atoms with E-state index in [1.54, 1.807) is 0 Å². The van der Waals surface area contributed by atoms with Crippen molar-refractivity contribution in [2.45, 2.75) is 19.9 Å². The van der Waals surface area contributed by atoms with Gasteiger partial charge in [-0.2, -0.15) is 0 Å². The van der Waals surface area contributed by atoms with Crippen molar-refractivity contribution in [3.63, 3.8) is 0 Å². The number of benzene rings is 1. The van der Waals surface area contributed by atoms with Gasteiger partial charge in [-0.25, -0.2) is 0 Å². The molecule has 0 radical (unpaired) electrons. The zero-order chi connectivity index (χ0) is 11.3. The van der Waals surface area contributed by atoms with Gasteiger partial charge in [-0.3, -0.25) is 4.79 Å². The fraction of sp³-hybridized carbons (Fsp3) is 0.364. The van der Waals surface area contributed by atoms with Crippen LogP contribution < -0.4 is 11.1 Å². The molecule has 4 heteroatoms. The van der Waals surface area contributed by atoms with Crippen molar-refractivity contribution < 1.29 is 4.79 Å². The highest BCUT2D eigenvalue weighted by Gasteiger charge is 1.98. The second-order valence-electron chi connectivity index (χ2n) is 3.48. The van der Waals surface area contributed by atoms with E-state index in [0.717, 1.165) is 11.0 Å². The zero-order valence-electron chi connectivity index (χ0n) is 8.72. The van der Waals surface area contributed by atoms with Gasteiger partial charge < -0.3 is 11.1 Å². The first-order chi connectivity index (χ1) is 7.09. The van der Waals surface area contributed by atoms with Gasteiger partial charge in [0.1, 0.15) is 0 Å². The Bertz CT molecular complexity index is 352. The van der Waals surface area contributed by atoms with Gasteiger partial charge in [-0.15, -0.1) is 0 Å². The van der Waals surface area contributed by atoms with Gasteiger partial charge in [0.2, 0.25) is 5.91 Å². The highest BCUT2D eigenvalue weighted by molar-refractivity contribution is 9.10. The molecule has 0 aliphatic rings. The largest absolute Gasteiger partial charge is 0.370 e. The Morgan fingerprint density at radius 2 is 2.27 bits per heavy atom. The van der Waals surface area contributed by atoms with E-state index in [9.17, 15) is 4.79 Å². The van der Waals surface area contributed by atoms with Crippen molar-refractivity contribution in [3.8, 4) is 0 Å². The summed E-state index contributed by atoms with van der Waals surface area (Å²) in [6, 6.07) is 6.21. The van der Waals surface area contributed by atoms with Crippen LogP contribution in [0.25, 0.3) is 0 Å². The van der Waals surface area contributed by atoms with Gasteiger partial charge in [0.05, 0.1) is 0 Å². The molecule has 0 saturated heterocycles. The molecule has 0 unspecified atom stereocenters. The number of primary amides is 1. The maximum absolute atomic E-state index is 10.5. The third-order valence-corrected chi connectivity index (χ3v) is 2.97. The molecule has 0 aromatic heterocycles. The molecule has 0 heterocycles. The van der Waals surface area contributed by atoms with E-state index < -0.39 is 0 Å². The second-order valence-corrected chi connectivity index (χ2v) is 4.33. The van der Waals surface area contributed by atoms with Crippen molar-refractivity contribution in [1.82, 2.24) is 5.32 Å². The summed E-state index contributed by atoms with van der Waals surface area (Å²) in [7, 11) is 0. The van der Waals surface area contributed by atoms with Crippen LogP contribution >= 0.6 is 15.9 Å². The van der Waals surface area contributed by atoms with Crippen LogP contribution in [0.1, 0.15) is 17.5 Å². The van der Waals surface area contributed by atoms with Crippen molar-refractivity contribution >= 4 is 21.8 Å². The van der Waals surface area contributed by atoms with E-state index in [4.69, 9.17) is 5.73 Å². The molecule has 1 amide bonds. The van der Waals surface area contributed by atoms with E-state index in [1.807, 2.05) is 6.92 Å². The topological polar surface area (TPSA) is 55.1 Å². The summed E-state index contributed by atoms with van der Waals surface area (Å²) in [4.78, 5) is 10.5. The lowest BCUT2D eigenvalue weighted by Gasteiger charge is -2.05. The summed E-state index contributed by atoms with van der Waals surface area (Å²) in [5.41, 5.74) is 7.44. The number of halogens is 1. The Morgan fingerprint density at radius 1 is 1.53 bits per heavy atom. The van der Waals surface area contributed by atoms with Gasteiger partial charge in [-0.1, -0.05) is 28.1 Å². The minimum Gasteiger partial charge on any atom is -0.370 e. The Morgan fingerprint density at radius 3 is 2.87 bits per heavy atom. The summed E-state index contributed by atoms with van der Waals surface area (Å²) in [6.07, 6.45) is 0.382. The molecule has 3 nitrogen and oxygen atoms in total. The monoisotopic (exact) mass is 270 g/mol. The van der Waals surface area contributed by atoms with Crippen molar-refractivity contribution in [1.29, 1.82) is 0 Å². The Balaban J connectivity index is 2.38. The number of hydrogen-bond donors (Lipinski definition) is 2. The summed E-state index contributed by atoms with van der Waals surface area (Å²) in [6.45, 7) is 3.43. The second kappa shape index (κ2) is 5.88. The predicted octanol–water partition coefficient (Wildman–Crippen LogP) is 1.72. The van der Waals surface area contributed by atoms with Crippen LogP contribution in [0.15, 0.2) is 22.7 Å². The maximum Gasteiger partial charge on any atom is 0.218 e. The number of carbonyl (C=O) groups excluding carboxylic acids is 1. The molecule has 82 valence electrons. The Hall–Kier alpha value is -0.870. The summed E-state index contributed by atoms with van der Waals surface area (Å²) in [5, 5.41) is 3.16. The van der Waals surface area contributed by atoms with Crippen LogP contribution in [0, 0.1) is 6.92 Å². The maximum atomic E-state index is 10.5. The van der Waals surface area contributed by atoms with Gasteiger partial charge in [-0.05, 0) is 24.1 Å². The quantitative estimate of drug-likeness (QED) is 0.801. The van der Waals surface area contributed by atoms with E-state index in [2.05, 4.69) is 39.4 Å². The fourth-order valence-electron chi connectivity index (χ4n) is 1.19. The van der Waals surface area contributed by atoms with Gasteiger partial charge in [0.15, 0.2) is 0 Å². The van der Waals surface area contributed by atoms with Crippen molar-refractivity contribution in [2.75, 3.05) is 6.54 Å². The van der Waals surface area contributed by atoms with Crippen LogP contribution in [0.2, 0.25) is 0 Å². The van der Waals surface area contributed by atoms with Crippen LogP contribution in [-0.2, 0) is 11.3 Å². The molecule has 1 aromatic rings. The molecule has 3 N–H and O–H groups in total. The molecular formula is C11H15BrN2O. The van der Waals surface area contributed by atoms with E-state index in [1.165, 1.54) is 11.1 Å². The molecular weight excluding hydrogens is 256 g/mol. The smallest absolute Gasteiger partial charge is 0.218 e. The first kappa shape index (κ1) is 12.2. The van der Waals surface area contributed by atoms with E-state index in [0.29, 0.717) is 13.0 Å². The molecule has 1 rings (SSSR count). The van der Waals surface area contributed by atoms with E-state index >= 15 is 0 Å². The summed E-state index contributed by atoms with van der Waals surface area (Å²) < 4.78 is 1.11. The SMILES string of the molecule is Cc1ccc(CNCCC(N)=O)cc1Br. The number of aryl methyl sites for hydroxylation is 1. The molecule has 0 saturated carbocycles. The average Bonchev–Trinajstić information content (AvgIpc) is 2.18. The molecule has 0 atom stereocenters. The molecule has 0 bridgehead atoms. The van der Waals surface area contributed by atoms with Gasteiger partial charge >= 0.3 is 0 Å². The standard InChI is InChI=1S/C11H15BrN2O/c1-8-2-3-9(6-10(8)12)7-14-5-4-11(13)15/h2-3,6,14H,4-5,7H2,1H3,(H2,13,15). The normalized spacial score (nSPS) is 10.3. The molecule has 0 fully saturated rings. The van der Waals surface area contributed by atoms with Crippen LogP contribution in [0.5, 0.6) is 0 Å². The minimum atomic E-state index is -0.271. The minimum absolute atomic E-state index is 0.271. The van der Waals surface area contributed by atoms with Crippen molar-refractivity contribution in [2.24, 2.45) is 5.73 Å². The number of nitrogens with two attached hydrogens (primary N) is 1. The number of carbonyl (C=O) groups is 1. The molecule has 15 heavy (non-hydrogen) atoms. The number of amides is 1. The number of nitrogens with one attached hydrogen (secondary N) is 1. The fourth-order valence-corrected chi connectivity index (χ4v) is 1.62. The molecule has 0 aliphatic heterocycles. The zero-order valence-corrected chi connectivity index (χ0v) is 10.3. The molecule has 0 aliphatic carbocycles. The summed E-state index contributed by atoms with van der Waals surface area (Å²) in [5.74, 6) is -0.271. The third kappa shape index (κ3) is 4.44. The predicted molar refractivity (Wildman–Crippen MR) is 64.4 cm³/mol. The van der Waals surface area contributed by atoms with Gasteiger partial charge in [0.25, 0.3) is 0 Å². The van der Waals surface area contributed by atoms with Crippen molar-refractivity contribution in [3.05, 3.63) is 33.8 Å². The number of hydrogen-bond acceptors (Lipinski definition) is 2. The number of rotatable bonds is 5. The first-order valence-corrected chi connectivity index (χ1v) is 5.63. The van der Waals surface area contributed by atoms with E-state index in [-0.39, 0.29) is 5.91 Å². The van der Waals surface area contributed by atoms with Crippen LogP contribution in [0.4, 0.5) is 0 Å². The third-order valence-electron chi connectivity index (χ3n) is 2.11. The lowest BCUT2D eigenvalue weighted by molar-refractivity contribution is -0.117. The highest BCUT2D eigenvalue weighted by atomic mass is 79.9. The molecule has 0 spiro atoms. The van der Waals surface area contributed by atoms with Gasteiger partial charge in [0, 0.05) is 24.0 Å².